The lowest BCUT2D eigenvalue weighted by Crippen LogP contribution is -2.67. The Labute approximate surface area is 115 Å². The van der Waals surface area contributed by atoms with Crippen molar-refractivity contribution in [2.75, 3.05) is 20.1 Å². The fourth-order valence-electron chi connectivity index (χ4n) is 4.49. The van der Waals surface area contributed by atoms with Crippen molar-refractivity contribution in [3.05, 3.63) is 0 Å². The molecule has 3 rings (SSSR count). The van der Waals surface area contributed by atoms with Crippen LogP contribution in [-0.2, 0) is 9.59 Å². The summed E-state index contributed by atoms with van der Waals surface area (Å²) in [5.74, 6) is 0.167. The van der Waals surface area contributed by atoms with Gasteiger partial charge < -0.3 is 4.48 Å². The van der Waals surface area contributed by atoms with Crippen LogP contribution in [0.2, 0.25) is 0 Å². The van der Waals surface area contributed by atoms with Gasteiger partial charge in [0.25, 0.3) is 0 Å². The average Bonchev–Trinajstić information content (AvgIpc) is 2.38. The topological polar surface area (TPSA) is 37.4 Å². The third kappa shape index (κ3) is 2.20. The standard InChI is InChI=1S/C15H25N2O2/c1-17-10-3-2-7-13(17)12(6-5-11-17)16-14(18)8-4-9-15(16)19/h12-13H,2-11H2,1H3/q+1/t12-,13+,17-/m1/s1. The zero-order chi connectivity index (χ0) is 13.5. The Bertz CT molecular complexity index is 376. The van der Waals surface area contributed by atoms with E-state index in [0.29, 0.717) is 18.9 Å². The number of hydrogen-bond donors (Lipinski definition) is 0. The second-order valence-corrected chi connectivity index (χ2v) is 6.71. The predicted molar refractivity (Wildman–Crippen MR) is 72.3 cm³/mol. The van der Waals surface area contributed by atoms with Gasteiger partial charge in [0.2, 0.25) is 11.8 Å². The molecule has 4 nitrogen and oxygen atoms in total. The number of quaternary nitrogens is 1. The zero-order valence-electron chi connectivity index (χ0n) is 11.9. The highest BCUT2D eigenvalue weighted by molar-refractivity contribution is 5.98. The van der Waals surface area contributed by atoms with Crippen molar-refractivity contribution in [1.82, 2.24) is 4.90 Å². The highest BCUT2D eigenvalue weighted by atomic mass is 16.2. The molecule has 3 heterocycles. The molecule has 0 N–H and O–H groups in total. The van der Waals surface area contributed by atoms with Crippen LogP contribution in [0.15, 0.2) is 0 Å². The monoisotopic (exact) mass is 265 g/mol. The first kappa shape index (κ1) is 13.1. The van der Waals surface area contributed by atoms with Gasteiger partial charge in [0.1, 0.15) is 6.04 Å². The van der Waals surface area contributed by atoms with Crippen LogP contribution in [0.4, 0.5) is 0 Å². The van der Waals surface area contributed by atoms with Crippen LogP contribution in [0.25, 0.3) is 0 Å². The van der Waals surface area contributed by atoms with Crippen LogP contribution in [0.3, 0.4) is 0 Å². The van der Waals surface area contributed by atoms with Gasteiger partial charge in [-0.2, -0.15) is 0 Å². The molecule has 0 unspecified atom stereocenters. The van der Waals surface area contributed by atoms with Crippen molar-refractivity contribution in [2.24, 2.45) is 0 Å². The first-order valence-electron chi connectivity index (χ1n) is 7.81. The molecule has 0 aliphatic carbocycles. The lowest BCUT2D eigenvalue weighted by atomic mass is 9.84. The van der Waals surface area contributed by atoms with Crippen LogP contribution >= 0.6 is 0 Å². The minimum atomic E-state index is 0.0836. The fraction of sp³-hybridized carbons (Fsp3) is 0.867. The minimum Gasteiger partial charge on any atom is -0.322 e. The quantitative estimate of drug-likeness (QED) is 0.534. The third-order valence-corrected chi connectivity index (χ3v) is 5.48. The van der Waals surface area contributed by atoms with Gasteiger partial charge in [-0.1, -0.05) is 0 Å². The van der Waals surface area contributed by atoms with Crippen molar-refractivity contribution in [3.8, 4) is 0 Å². The lowest BCUT2D eigenvalue weighted by Gasteiger charge is -2.53. The fourth-order valence-corrected chi connectivity index (χ4v) is 4.49. The van der Waals surface area contributed by atoms with Gasteiger partial charge >= 0.3 is 0 Å². The van der Waals surface area contributed by atoms with Crippen LogP contribution < -0.4 is 0 Å². The van der Waals surface area contributed by atoms with E-state index in [4.69, 9.17) is 0 Å². The Hall–Kier alpha value is -0.900. The number of hydrogen-bond acceptors (Lipinski definition) is 2. The minimum absolute atomic E-state index is 0.0836. The number of likely N-dealkylation sites (N-methyl/N-ethyl adjacent to an activating group) is 1. The first-order valence-corrected chi connectivity index (χ1v) is 7.81. The Morgan fingerprint density at radius 3 is 2.37 bits per heavy atom. The molecule has 3 saturated heterocycles. The van der Waals surface area contributed by atoms with Crippen LogP contribution in [-0.4, -0.2) is 53.4 Å². The number of likely N-dealkylation sites (tertiary alicyclic amines) is 1. The van der Waals surface area contributed by atoms with Gasteiger partial charge in [-0.15, -0.1) is 0 Å². The Morgan fingerprint density at radius 2 is 1.63 bits per heavy atom. The molecule has 19 heavy (non-hydrogen) atoms. The van der Waals surface area contributed by atoms with E-state index in [-0.39, 0.29) is 17.9 Å². The summed E-state index contributed by atoms with van der Waals surface area (Å²) >= 11 is 0. The number of imide groups is 1. The van der Waals surface area contributed by atoms with Gasteiger partial charge in [-0.05, 0) is 32.1 Å². The lowest BCUT2D eigenvalue weighted by molar-refractivity contribution is -0.944. The van der Waals surface area contributed by atoms with Crippen molar-refractivity contribution < 1.29 is 14.1 Å². The Balaban J connectivity index is 1.86. The van der Waals surface area contributed by atoms with Crippen molar-refractivity contribution in [3.63, 3.8) is 0 Å². The van der Waals surface area contributed by atoms with Crippen molar-refractivity contribution in [2.45, 2.75) is 63.5 Å². The molecule has 0 radical (unpaired) electrons. The van der Waals surface area contributed by atoms with E-state index in [1.54, 1.807) is 4.90 Å². The van der Waals surface area contributed by atoms with Crippen molar-refractivity contribution >= 4 is 11.8 Å². The van der Waals surface area contributed by atoms with Crippen LogP contribution in [0.5, 0.6) is 0 Å². The molecule has 3 fully saturated rings. The number of carbonyl (C=O) groups excluding carboxylic acids is 2. The molecule has 0 aromatic carbocycles. The van der Waals surface area contributed by atoms with E-state index in [0.717, 1.165) is 23.7 Å². The SMILES string of the molecule is C[N@+]12CCCC[C@H]1[C@H](N1C(=O)CCCC1=O)CCC2. The molecule has 0 aromatic heterocycles. The normalized spacial score (nSPS) is 40.2. The number of rotatable bonds is 1. The summed E-state index contributed by atoms with van der Waals surface area (Å²) in [5, 5.41) is 0. The number of piperidine rings is 3. The summed E-state index contributed by atoms with van der Waals surface area (Å²) in [6, 6.07) is 0.674. The number of amides is 2. The molecule has 106 valence electrons. The van der Waals surface area contributed by atoms with E-state index in [1.807, 2.05) is 0 Å². The number of carbonyl (C=O) groups is 2. The summed E-state index contributed by atoms with van der Waals surface area (Å²) in [6.07, 6.45) is 7.78. The molecule has 0 aromatic rings. The molecule has 2 amide bonds. The maximum absolute atomic E-state index is 12.2. The molecule has 0 bridgehead atoms. The van der Waals surface area contributed by atoms with Gasteiger partial charge in [0.15, 0.2) is 0 Å². The Kier molecular flexibility index (Phi) is 3.37. The molecular weight excluding hydrogens is 240 g/mol. The maximum atomic E-state index is 12.2. The summed E-state index contributed by atoms with van der Waals surface area (Å²) in [6.45, 7) is 2.44. The summed E-state index contributed by atoms with van der Waals surface area (Å²) in [4.78, 5) is 26.0. The van der Waals surface area contributed by atoms with Gasteiger partial charge in [-0.25, -0.2) is 0 Å². The highest BCUT2D eigenvalue weighted by Crippen LogP contribution is 2.36. The van der Waals surface area contributed by atoms with Gasteiger partial charge in [0, 0.05) is 19.3 Å². The number of fused-ring (bicyclic) bond motifs is 1. The third-order valence-electron chi connectivity index (χ3n) is 5.48. The highest BCUT2D eigenvalue weighted by Gasteiger charge is 2.48. The Morgan fingerprint density at radius 1 is 0.947 bits per heavy atom. The van der Waals surface area contributed by atoms with E-state index >= 15 is 0 Å². The molecule has 3 atom stereocenters. The number of nitrogens with zero attached hydrogens (tertiary/aromatic N) is 2. The zero-order valence-corrected chi connectivity index (χ0v) is 11.9. The largest absolute Gasteiger partial charge is 0.322 e. The summed E-state index contributed by atoms with van der Waals surface area (Å²) in [7, 11) is 2.33. The predicted octanol–water partition coefficient (Wildman–Crippen LogP) is 1.69. The molecule has 3 aliphatic rings. The second-order valence-electron chi connectivity index (χ2n) is 6.71. The first-order chi connectivity index (χ1) is 9.12. The second kappa shape index (κ2) is 4.89. The molecule has 3 aliphatic heterocycles. The average molecular weight is 265 g/mol. The van der Waals surface area contributed by atoms with Crippen molar-refractivity contribution in [1.29, 1.82) is 0 Å². The molecule has 4 heteroatoms. The van der Waals surface area contributed by atoms with E-state index in [9.17, 15) is 9.59 Å². The van der Waals surface area contributed by atoms with Crippen LogP contribution in [0, 0.1) is 0 Å². The molecular formula is C15H25N2O2+. The summed E-state index contributed by atoms with van der Waals surface area (Å²) < 4.78 is 1.09. The molecule has 0 spiro atoms. The van der Waals surface area contributed by atoms with E-state index in [1.165, 1.54) is 32.4 Å². The maximum Gasteiger partial charge on any atom is 0.229 e. The van der Waals surface area contributed by atoms with E-state index in [2.05, 4.69) is 7.05 Å². The van der Waals surface area contributed by atoms with E-state index < -0.39 is 0 Å². The van der Waals surface area contributed by atoms with Gasteiger partial charge in [-0.3, -0.25) is 14.5 Å². The summed E-state index contributed by atoms with van der Waals surface area (Å²) in [5.41, 5.74) is 0. The van der Waals surface area contributed by atoms with Gasteiger partial charge in [0.05, 0.1) is 26.2 Å². The molecule has 0 saturated carbocycles. The van der Waals surface area contributed by atoms with Crippen LogP contribution in [0.1, 0.15) is 51.4 Å². The smallest absolute Gasteiger partial charge is 0.229 e.